The number of nitrogens with zero attached hydrogens (tertiary/aromatic N) is 2. The fourth-order valence-corrected chi connectivity index (χ4v) is 2.36. The number of ether oxygens (including phenoxy) is 1. The number of imide groups is 1. The van der Waals surface area contributed by atoms with E-state index in [4.69, 9.17) is 4.74 Å². The Morgan fingerprint density at radius 1 is 0.870 bits per heavy atom. The topological polar surface area (TPSA) is 89.8 Å². The molecule has 1 heterocycles. The molecule has 0 aromatic heterocycles. The van der Waals surface area contributed by atoms with Crippen LogP contribution in [0.2, 0.25) is 0 Å². The van der Waals surface area contributed by atoms with Crippen molar-refractivity contribution < 1.29 is 19.2 Å². The molecule has 1 fully saturated rings. The Morgan fingerprint density at radius 3 is 1.83 bits per heavy atom. The number of amides is 2. The number of morpholine rings is 1. The number of hydrogen-bond donors (Lipinski definition) is 0. The minimum atomic E-state index is -0.456. The number of benzene rings is 2. The minimum absolute atomic E-state index is 0.0230. The maximum Gasteiger partial charge on any atom is 0.269 e. The lowest BCUT2D eigenvalue weighted by atomic mass is 10.0. The molecule has 23 heavy (non-hydrogen) atoms. The van der Waals surface area contributed by atoms with Crippen LogP contribution < -0.4 is 4.90 Å². The van der Waals surface area contributed by atoms with E-state index < -0.39 is 16.7 Å². The molecule has 7 heteroatoms. The molecule has 2 amide bonds. The summed E-state index contributed by atoms with van der Waals surface area (Å²) >= 11 is 0. The maximum absolute atomic E-state index is 11.8. The van der Waals surface area contributed by atoms with Crippen LogP contribution in [0.25, 0.3) is 11.1 Å². The van der Waals surface area contributed by atoms with E-state index in [1.54, 1.807) is 36.4 Å². The standard InChI is InChI=1S/C16H12N2O5/c19-15-9-23-10-16(20)17(15)13-5-1-11(2-6-13)12-3-7-14(8-4-12)18(21)22/h1-8H,9-10H2. The smallest absolute Gasteiger partial charge is 0.269 e. The number of anilines is 1. The zero-order valence-electron chi connectivity index (χ0n) is 12.0. The second-order valence-corrected chi connectivity index (χ2v) is 4.97. The van der Waals surface area contributed by atoms with Crippen LogP contribution in [0.1, 0.15) is 0 Å². The molecule has 0 aliphatic carbocycles. The fourth-order valence-electron chi connectivity index (χ4n) is 2.36. The number of hydrogen-bond acceptors (Lipinski definition) is 5. The van der Waals surface area contributed by atoms with Gasteiger partial charge in [0.1, 0.15) is 13.2 Å². The first-order chi connectivity index (χ1) is 11.1. The molecule has 0 bridgehead atoms. The predicted octanol–water partition coefficient (Wildman–Crippen LogP) is 2.15. The molecule has 1 saturated heterocycles. The van der Waals surface area contributed by atoms with Crippen LogP contribution in [0.5, 0.6) is 0 Å². The van der Waals surface area contributed by atoms with Crippen molar-refractivity contribution >= 4 is 23.2 Å². The third kappa shape index (κ3) is 2.95. The number of nitro benzene ring substituents is 1. The van der Waals surface area contributed by atoms with Crippen molar-refractivity contribution in [1.29, 1.82) is 0 Å². The van der Waals surface area contributed by atoms with Crippen LogP contribution in [0.4, 0.5) is 11.4 Å². The van der Waals surface area contributed by atoms with Gasteiger partial charge in [-0.1, -0.05) is 12.1 Å². The Morgan fingerprint density at radius 2 is 1.35 bits per heavy atom. The monoisotopic (exact) mass is 312 g/mol. The van der Waals surface area contributed by atoms with Gasteiger partial charge in [-0.3, -0.25) is 19.7 Å². The van der Waals surface area contributed by atoms with E-state index in [0.29, 0.717) is 5.69 Å². The quantitative estimate of drug-likeness (QED) is 0.492. The van der Waals surface area contributed by atoms with Crippen LogP contribution in [0.3, 0.4) is 0 Å². The lowest BCUT2D eigenvalue weighted by Gasteiger charge is -2.25. The van der Waals surface area contributed by atoms with Gasteiger partial charge in [0.15, 0.2) is 0 Å². The molecule has 0 unspecified atom stereocenters. The summed E-state index contributed by atoms with van der Waals surface area (Å²) in [5.74, 6) is -0.798. The van der Waals surface area contributed by atoms with Gasteiger partial charge in [0.05, 0.1) is 10.6 Å². The highest BCUT2D eigenvalue weighted by Crippen LogP contribution is 2.26. The molecule has 1 aliphatic heterocycles. The minimum Gasteiger partial charge on any atom is -0.362 e. The maximum atomic E-state index is 11.8. The summed E-state index contributed by atoms with van der Waals surface area (Å²) in [7, 11) is 0. The number of carbonyl (C=O) groups excluding carboxylic acids is 2. The molecule has 0 atom stereocenters. The molecular weight excluding hydrogens is 300 g/mol. The van der Waals surface area contributed by atoms with Gasteiger partial charge in [-0.15, -0.1) is 0 Å². The van der Waals surface area contributed by atoms with Crippen molar-refractivity contribution in [3.63, 3.8) is 0 Å². The third-order valence-electron chi connectivity index (χ3n) is 3.49. The fraction of sp³-hybridized carbons (Fsp3) is 0.125. The van der Waals surface area contributed by atoms with E-state index in [-0.39, 0.29) is 18.9 Å². The van der Waals surface area contributed by atoms with E-state index in [1.807, 2.05) is 0 Å². The molecule has 0 radical (unpaired) electrons. The Balaban J connectivity index is 1.85. The average molecular weight is 312 g/mol. The summed E-state index contributed by atoms with van der Waals surface area (Å²) in [6, 6.07) is 13.0. The number of rotatable bonds is 3. The molecule has 116 valence electrons. The zero-order valence-corrected chi connectivity index (χ0v) is 12.0. The molecular formula is C16H12N2O5. The largest absolute Gasteiger partial charge is 0.362 e. The van der Waals surface area contributed by atoms with Gasteiger partial charge in [-0.2, -0.15) is 0 Å². The third-order valence-corrected chi connectivity index (χ3v) is 3.49. The summed E-state index contributed by atoms with van der Waals surface area (Å²) in [5.41, 5.74) is 2.14. The first kappa shape index (κ1) is 14.9. The predicted molar refractivity (Wildman–Crippen MR) is 81.8 cm³/mol. The van der Waals surface area contributed by atoms with E-state index in [9.17, 15) is 19.7 Å². The Labute approximate surface area is 131 Å². The number of non-ortho nitro benzene ring substituents is 1. The van der Waals surface area contributed by atoms with E-state index in [2.05, 4.69) is 0 Å². The van der Waals surface area contributed by atoms with Crippen molar-refractivity contribution in [2.75, 3.05) is 18.1 Å². The van der Waals surface area contributed by atoms with Gasteiger partial charge < -0.3 is 4.74 Å². The van der Waals surface area contributed by atoms with Crippen LogP contribution >= 0.6 is 0 Å². The van der Waals surface area contributed by atoms with Crippen LogP contribution in [-0.4, -0.2) is 30.0 Å². The van der Waals surface area contributed by atoms with Gasteiger partial charge in [0, 0.05) is 12.1 Å². The second-order valence-electron chi connectivity index (χ2n) is 4.97. The average Bonchev–Trinajstić information content (AvgIpc) is 2.55. The molecule has 0 spiro atoms. The van der Waals surface area contributed by atoms with E-state index in [0.717, 1.165) is 16.0 Å². The van der Waals surface area contributed by atoms with Crippen molar-refractivity contribution in [2.24, 2.45) is 0 Å². The zero-order chi connectivity index (χ0) is 16.4. The highest BCUT2D eigenvalue weighted by Gasteiger charge is 2.27. The second kappa shape index (κ2) is 5.98. The summed E-state index contributed by atoms with van der Waals surface area (Å²) in [6.45, 7) is -0.230. The summed E-state index contributed by atoms with van der Waals surface area (Å²) in [6.07, 6.45) is 0. The van der Waals surface area contributed by atoms with Crippen LogP contribution in [-0.2, 0) is 14.3 Å². The van der Waals surface area contributed by atoms with E-state index in [1.165, 1.54) is 12.1 Å². The summed E-state index contributed by atoms with van der Waals surface area (Å²) < 4.78 is 4.87. The van der Waals surface area contributed by atoms with Gasteiger partial charge in [0.2, 0.25) is 0 Å². The number of nitro groups is 1. The normalized spacial score (nSPS) is 14.9. The molecule has 3 rings (SSSR count). The van der Waals surface area contributed by atoms with Crippen LogP contribution in [0, 0.1) is 10.1 Å². The Bertz CT molecular complexity index is 752. The Kier molecular flexibility index (Phi) is 3.86. The molecule has 1 aliphatic rings. The van der Waals surface area contributed by atoms with E-state index >= 15 is 0 Å². The molecule has 0 saturated carbocycles. The van der Waals surface area contributed by atoms with Gasteiger partial charge in [-0.25, -0.2) is 4.90 Å². The molecule has 2 aromatic carbocycles. The highest BCUT2D eigenvalue weighted by molar-refractivity contribution is 6.17. The highest BCUT2D eigenvalue weighted by atomic mass is 16.6. The van der Waals surface area contributed by atoms with Crippen molar-refractivity contribution in [3.05, 3.63) is 58.6 Å². The van der Waals surface area contributed by atoms with Crippen molar-refractivity contribution in [2.45, 2.75) is 0 Å². The molecule has 2 aromatic rings. The summed E-state index contributed by atoms with van der Waals surface area (Å²) in [5, 5.41) is 10.7. The first-order valence-electron chi connectivity index (χ1n) is 6.85. The van der Waals surface area contributed by atoms with Crippen molar-refractivity contribution in [1.82, 2.24) is 0 Å². The van der Waals surface area contributed by atoms with Gasteiger partial charge in [-0.05, 0) is 35.4 Å². The lowest BCUT2D eigenvalue weighted by Crippen LogP contribution is -2.46. The molecule has 7 nitrogen and oxygen atoms in total. The van der Waals surface area contributed by atoms with Gasteiger partial charge in [0.25, 0.3) is 17.5 Å². The Hall–Kier alpha value is -3.06. The van der Waals surface area contributed by atoms with Crippen LogP contribution in [0.15, 0.2) is 48.5 Å². The summed E-state index contributed by atoms with van der Waals surface area (Å²) in [4.78, 5) is 34.9. The SMILES string of the molecule is O=C1COCC(=O)N1c1ccc(-c2ccc([N+](=O)[O-])cc2)cc1. The first-order valence-corrected chi connectivity index (χ1v) is 6.85. The van der Waals surface area contributed by atoms with Gasteiger partial charge >= 0.3 is 0 Å². The lowest BCUT2D eigenvalue weighted by molar-refractivity contribution is -0.384. The number of carbonyl (C=O) groups is 2. The molecule has 0 N–H and O–H groups in total. The van der Waals surface area contributed by atoms with Crippen molar-refractivity contribution in [3.8, 4) is 11.1 Å².